The van der Waals surface area contributed by atoms with Crippen molar-refractivity contribution in [3.05, 3.63) is 18.2 Å². The second-order valence-corrected chi connectivity index (χ2v) is 4.30. The number of carbonyl (C=O) groups is 1. The van der Waals surface area contributed by atoms with Crippen molar-refractivity contribution >= 4 is 11.6 Å². The van der Waals surface area contributed by atoms with Gasteiger partial charge in [-0.2, -0.15) is 0 Å². The number of phenolic OH excluding ortho intramolecular Hbond substituents is 1. The summed E-state index contributed by atoms with van der Waals surface area (Å²) in [5, 5.41) is 12.3. The minimum absolute atomic E-state index is 0.0646. The predicted molar refractivity (Wildman–Crippen MR) is 65.6 cm³/mol. The molecule has 0 aliphatic carbocycles. The Bertz CT molecular complexity index is 455. The van der Waals surface area contributed by atoms with Crippen LogP contribution in [0.2, 0.25) is 0 Å². The molecule has 0 saturated carbocycles. The van der Waals surface area contributed by atoms with Crippen LogP contribution in [-0.2, 0) is 9.53 Å². The molecule has 1 aromatic carbocycles. The van der Waals surface area contributed by atoms with Crippen LogP contribution in [0.5, 0.6) is 11.5 Å². The summed E-state index contributed by atoms with van der Waals surface area (Å²) >= 11 is 0. The third-order valence-electron chi connectivity index (χ3n) is 2.96. The summed E-state index contributed by atoms with van der Waals surface area (Å²) < 4.78 is 10.1. The molecule has 1 aliphatic rings. The zero-order valence-electron chi connectivity index (χ0n) is 10.1. The lowest BCUT2D eigenvalue weighted by molar-refractivity contribution is -0.121. The smallest absolute Gasteiger partial charge is 0.247 e. The third-order valence-corrected chi connectivity index (χ3v) is 2.96. The highest BCUT2D eigenvalue weighted by Gasteiger charge is 2.38. The normalized spacial score (nSPS) is 22.8. The van der Waals surface area contributed by atoms with Crippen LogP contribution in [0.4, 0.5) is 5.69 Å². The van der Waals surface area contributed by atoms with Gasteiger partial charge in [0.2, 0.25) is 5.91 Å². The number of benzene rings is 1. The van der Waals surface area contributed by atoms with Gasteiger partial charge in [-0.05, 0) is 18.6 Å². The van der Waals surface area contributed by atoms with E-state index in [2.05, 4.69) is 5.32 Å². The molecule has 1 aliphatic heterocycles. The van der Waals surface area contributed by atoms with Gasteiger partial charge in [-0.1, -0.05) is 0 Å². The maximum atomic E-state index is 12.0. The first-order valence-corrected chi connectivity index (χ1v) is 5.60. The van der Waals surface area contributed by atoms with Gasteiger partial charge in [-0.3, -0.25) is 4.79 Å². The number of aromatic hydroxyl groups is 1. The summed E-state index contributed by atoms with van der Waals surface area (Å²) in [6, 6.07) is 4.62. The quantitative estimate of drug-likeness (QED) is 0.679. The Morgan fingerprint density at radius 3 is 2.94 bits per heavy atom. The van der Waals surface area contributed by atoms with E-state index in [1.54, 1.807) is 12.1 Å². The van der Waals surface area contributed by atoms with Crippen molar-refractivity contribution in [2.45, 2.75) is 12.0 Å². The van der Waals surface area contributed by atoms with Crippen LogP contribution in [0.1, 0.15) is 6.42 Å². The first-order valence-electron chi connectivity index (χ1n) is 5.60. The minimum atomic E-state index is -1.02. The van der Waals surface area contributed by atoms with E-state index in [0.29, 0.717) is 24.5 Å². The first kappa shape index (κ1) is 12.7. The van der Waals surface area contributed by atoms with Crippen molar-refractivity contribution in [3.63, 3.8) is 0 Å². The summed E-state index contributed by atoms with van der Waals surface area (Å²) in [7, 11) is 1.50. The van der Waals surface area contributed by atoms with Gasteiger partial charge in [-0.15, -0.1) is 0 Å². The lowest BCUT2D eigenvalue weighted by Gasteiger charge is -2.21. The number of hydrogen-bond acceptors (Lipinski definition) is 5. The lowest BCUT2D eigenvalue weighted by Crippen LogP contribution is -2.51. The average molecular weight is 252 g/mol. The highest BCUT2D eigenvalue weighted by molar-refractivity contribution is 5.99. The Morgan fingerprint density at radius 2 is 2.39 bits per heavy atom. The van der Waals surface area contributed by atoms with E-state index in [1.807, 2.05) is 0 Å². The highest BCUT2D eigenvalue weighted by atomic mass is 16.5. The second-order valence-electron chi connectivity index (χ2n) is 4.30. The average Bonchev–Trinajstić information content (AvgIpc) is 2.80. The van der Waals surface area contributed by atoms with E-state index in [4.69, 9.17) is 15.2 Å². The third kappa shape index (κ3) is 2.39. The summed E-state index contributed by atoms with van der Waals surface area (Å²) in [5.41, 5.74) is 5.20. The lowest BCUT2D eigenvalue weighted by atomic mass is 9.99. The molecule has 1 heterocycles. The fourth-order valence-corrected chi connectivity index (χ4v) is 1.75. The molecular weight excluding hydrogens is 236 g/mol. The van der Waals surface area contributed by atoms with Crippen molar-refractivity contribution in [2.75, 3.05) is 25.6 Å². The molecule has 4 N–H and O–H groups in total. The Morgan fingerprint density at radius 1 is 1.61 bits per heavy atom. The van der Waals surface area contributed by atoms with E-state index in [0.717, 1.165) is 0 Å². The van der Waals surface area contributed by atoms with E-state index < -0.39 is 5.54 Å². The van der Waals surface area contributed by atoms with E-state index in [-0.39, 0.29) is 18.3 Å². The number of hydrogen-bond donors (Lipinski definition) is 3. The van der Waals surface area contributed by atoms with Crippen molar-refractivity contribution in [3.8, 4) is 11.5 Å². The molecule has 18 heavy (non-hydrogen) atoms. The zero-order chi connectivity index (χ0) is 13.2. The summed E-state index contributed by atoms with van der Waals surface area (Å²) in [4.78, 5) is 12.0. The van der Waals surface area contributed by atoms with Gasteiger partial charge in [0.05, 0.1) is 19.4 Å². The topological polar surface area (TPSA) is 93.8 Å². The molecule has 2 rings (SSSR count). The van der Waals surface area contributed by atoms with Crippen LogP contribution in [0.25, 0.3) is 0 Å². The number of ether oxygens (including phenoxy) is 2. The Kier molecular flexibility index (Phi) is 3.40. The number of rotatable bonds is 3. The zero-order valence-corrected chi connectivity index (χ0v) is 10.1. The Balaban J connectivity index is 2.12. The van der Waals surface area contributed by atoms with Crippen LogP contribution in [0.3, 0.4) is 0 Å². The molecule has 98 valence electrons. The van der Waals surface area contributed by atoms with E-state index in [1.165, 1.54) is 13.2 Å². The van der Waals surface area contributed by atoms with E-state index in [9.17, 15) is 9.90 Å². The van der Waals surface area contributed by atoms with Gasteiger partial charge in [0.15, 0.2) is 0 Å². The number of phenols is 1. The molecule has 1 aromatic rings. The van der Waals surface area contributed by atoms with Gasteiger partial charge in [0.25, 0.3) is 0 Å². The standard InChI is InChI=1S/C12H16N2O4/c1-17-8-2-3-9(10(15)6-8)14-11(16)12(13)4-5-18-7-12/h2-3,6,15H,4-5,7,13H2,1H3,(H,14,16). The summed E-state index contributed by atoms with van der Waals surface area (Å²) in [6.45, 7) is 0.661. The second kappa shape index (κ2) is 4.83. The molecular formula is C12H16N2O4. The molecule has 1 amide bonds. The summed E-state index contributed by atoms with van der Waals surface area (Å²) in [6.07, 6.45) is 0.468. The molecule has 0 aromatic heterocycles. The van der Waals surface area contributed by atoms with Crippen LogP contribution in [0.15, 0.2) is 18.2 Å². The molecule has 6 nitrogen and oxygen atoms in total. The number of amides is 1. The van der Waals surface area contributed by atoms with Crippen molar-refractivity contribution < 1.29 is 19.4 Å². The SMILES string of the molecule is COc1ccc(NC(=O)C2(N)CCOC2)c(O)c1. The largest absolute Gasteiger partial charge is 0.506 e. The highest BCUT2D eigenvalue weighted by Crippen LogP contribution is 2.29. The van der Waals surface area contributed by atoms with Gasteiger partial charge >= 0.3 is 0 Å². The van der Waals surface area contributed by atoms with E-state index >= 15 is 0 Å². The van der Waals surface area contributed by atoms with Crippen LogP contribution in [-0.4, -0.2) is 36.9 Å². The molecule has 6 heteroatoms. The maximum absolute atomic E-state index is 12.0. The molecule has 1 saturated heterocycles. The predicted octanol–water partition coefficient (Wildman–Crippen LogP) is 0.457. The molecule has 0 radical (unpaired) electrons. The monoisotopic (exact) mass is 252 g/mol. The van der Waals surface area contributed by atoms with Crippen molar-refractivity contribution in [2.24, 2.45) is 5.73 Å². The molecule has 0 spiro atoms. The van der Waals surface area contributed by atoms with Gasteiger partial charge < -0.3 is 25.6 Å². The fraction of sp³-hybridized carbons (Fsp3) is 0.417. The number of carbonyl (C=O) groups excluding carboxylic acids is 1. The van der Waals surface area contributed by atoms with Crippen molar-refractivity contribution in [1.29, 1.82) is 0 Å². The van der Waals surface area contributed by atoms with Gasteiger partial charge in [-0.25, -0.2) is 0 Å². The van der Waals surface area contributed by atoms with Gasteiger partial charge in [0, 0.05) is 12.7 Å². The number of anilines is 1. The summed E-state index contributed by atoms with van der Waals surface area (Å²) in [5.74, 6) is 0.0860. The van der Waals surface area contributed by atoms with Crippen LogP contribution < -0.4 is 15.8 Å². The van der Waals surface area contributed by atoms with Crippen molar-refractivity contribution in [1.82, 2.24) is 0 Å². The number of nitrogens with two attached hydrogens (primary N) is 1. The maximum Gasteiger partial charge on any atom is 0.247 e. The Labute approximate surface area is 105 Å². The van der Waals surface area contributed by atoms with Crippen LogP contribution >= 0.6 is 0 Å². The van der Waals surface area contributed by atoms with Gasteiger partial charge in [0.1, 0.15) is 17.0 Å². The number of nitrogens with one attached hydrogen (secondary N) is 1. The molecule has 1 unspecified atom stereocenters. The Hall–Kier alpha value is -1.79. The molecule has 1 fully saturated rings. The molecule has 1 atom stereocenters. The van der Waals surface area contributed by atoms with Crippen LogP contribution in [0, 0.1) is 0 Å². The fourth-order valence-electron chi connectivity index (χ4n) is 1.75. The molecule has 0 bridgehead atoms. The first-order chi connectivity index (χ1) is 8.55. The number of methoxy groups -OCH3 is 1. The minimum Gasteiger partial charge on any atom is -0.506 e.